The molecular formula is C15H22O2. The van der Waals surface area contributed by atoms with Crippen LogP contribution in [0.2, 0.25) is 0 Å². The van der Waals surface area contributed by atoms with Gasteiger partial charge in [0.15, 0.2) is 0 Å². The van der Waals surface area contributed by atoms with Crippen molar-refractivity contribution in [1.29, 1.82) is 0 Å². The van der Waals surface area contributed by atoms with Crippen molar-refractivity contribution >= 4 is 0 Å². The van der Waals surface area contributed by atoms with Crippen molar-refractivity contribution in [3.8, 4) is 0 Å². The molecule has 0 aliphatic carbocycles. The van der Waals surface area contributed by atoms with Crippen LogP contribution in [0.1, 0.15) is 33.1 Å². The van der Waals surface area contributed by atoms with Crippen molar-refractivity contribution in [2.24, 2.45) is 0 Å². The lowest BCUT2D eigenvalue weighted by atomic mass is 10.1. The first-order chi connectivity index (χ1) is 8.30. The Balaban J connectivity index is 2.42. The molecule has 0 aromatic rings. The molecule has 1 atom stereocenters. The molecule has 1 aliphatic rings. The molecule has 0 fully saturated rings. The van der Waals surface area contributed by atoms with Crippen molar-refractivity contribution in [3.05, 3.63) is 48.5 Å². The third-order valence-corrected chi connectivity index (χ3v) is 2.58. The van der Waals surface area contributed by atoms with E-state index in [1.165, 1.54) is 5.57 Å². The summed E-state index contributed by atoms with van der Waals surface area (Å²) in [5.74, 6) is 0.932. The summed E-state index contributed by atoms with van der Waals surface area (Å²) < 4.78 is 11.2. The summed E-state index contributed by atoms with van der Waals surface area (Å²) in [4.78, 5) is 0. The van der Waals surface area contributed by atoms with Crippen LogP contribution in [0.4, 0.5) is 0 Å². The van der Waals surface area contributed by atoms with E-state index in [4.69, 9.17) is 9.47 Å². The fourth-order valence-electron chi connectivity index (χ4n) is 1.63. The monoisotopic (exact) mass is 234 g/mol. The van der Waals surface area contributed by atoms with E-state index >= 15 is 0 Å². The summed E-state index contributed by atoms with van der Waals surface area (Å²) in [6.07, 6.45) is 12.9. The molecule has 0 saturated carbocycles. The van der Waals surface area contributed by atoms with E-state index < -0.39 is 0 Å². The fraction of sp³-hybridized carbons (Fsp3) is 0.467. The second kappa shape index (κ2) is 7.77. The first-order valence-electron chi connectivity index (χ1n) is 6.21. The Hall–Kier alpha value is -1.44. The predicted molar refractivity (Wildman–Crippen MR) is 71.5 cm³/mol. The molecule has 94 valence electrons. The van der Waals surface area contributed by atoms with Gasteiger partial charge in [-0.05, 0) is 38.3 Å². The van der Waals surface area contributed by atoms with Crippen molar-refractivity contribution in [2.75, 3.05) is 6.61 Å². The normalized spacial score (nSPS) is 20.9. The third-order valence-electron chi connectivity index (χ3n) is 2.58. The van der Waals surface area contributed by atoms with E-state index in [1.807, 2.05) is 31.4 Å². The third kappa shape index (κ3) is 4.94. The molecular weight excluding hydrogens is 212 g/mol. The van der Waals surface area contributed by atoms with Gasteiger partial charge in [0.2, 0.25) is 0 Å². The van der Waals surface area contributed by atoms with Gasteiger partial charge >= 0.3 is 0 Å². The van der Waals surface area contributed by atoms with Gasteiger partial charge in [-0.15, -0.1) is 0 Å². The summed E-state index contributed by atoms with van der Waals surface area (Å²) in [7, 11) is 0. The van der Waals surface area contributed by atoms with Crippen molar-refractivity contribution in [1.82, 2.24) is 0 Å². The molecule has 1 heterocycles. The molecule has 1 rings (SSSR count). The van der Waals surface area contributed by atoms with Crippen LogP contribution < -0.4 is 0 Å². The molecule has 2 heteroatoms. The average Bonchev–Trinajstić information content (AvgIpc) is 2.37. The van der Waals surface area contributed by atoms with Crippen molar-refractivity contribution in [3.63, 3.8) is 0 Å². The molecule has 17 heavy (non-hydrogen) atoms. The summed E-state index contributed by atoms with van der Waals surface area (Å²) in [5, 5.41) is 0. The first-order valence-corrected chi connectivity index (χ1v) is 6.21. The van der Waals surface area contributed by atoms with Crippen LogP contribution in [0.5, 0.6) is 0 Å². The Kier molecular flexibility index (Phi) is 6.23. The van der Waals surface area contributed by atoms with Crippen LogP contribution in [-0.4, -0.2) is 12.7 Å². The molecule has 0 bridgehead atoms. The van der Waals surface area contributed by atoms with E-state index in [1.54, 1.807) is 0 Å². The smallest absolute Gasteiger partial charge is 0.116 e. The van der Waals surface area contributed by atoms with Crippen LogP contribution in [0.25, 0.3) is 0 Å². The second-order valence-electron chi connectivity index (χ2n) is 4.03. The highest BCUT2D eigenvalue weighted by Gasteiger charge is 2.12. The zero-order valence-electron chi connectivity index (χ0n) is 10.8. The lowest BCUT2D eigenvalue weighted by Crippen LogP contribution is -2.13. The standard InChI is InChI=1S/C15H22O2/c1-4-7-15(8-5-2)17-12-13-9-10-14(6-3)16-11-13/h4,6-8,11,14H,3,5,9-10,12H2,1-2H3. The van der Waals surface area contributed by atoms with Gasteiger partial charge in [-0.2, -0.15) is 0 Å². The van der Waals surface area contributed by atoms with Crippen LogP contribution in [0.3, 0.4) is 0 Å². The largest absolute Gasteiger partial charge is 0.494 e. The number of hydrogen-bond donors (Lipinski definition) is 0. The van der Waals surface area contributed by atoms with E-state index in [0.29, 0.717) is 6.61 Å². The summed E-state index contributed by atoms with van der Waals surface area (Å²) in [5.41, 5.74) is 1.20. The Morgan fingerprint density at radius 3 is 3.00 bits per heavy atom. The van der Waals surface area contributed by atoms with E-state index in [9.17, 15) is 0 Å². The van der Waals surface area contributed by atoms with Gasteiger partial charge in [0, 0.05) is 5.57 Å². The molecule has 0 spiro atoms. The molecule has 2 nitrogen and oxygen atoms in total. The summed E-state index contributed by atoms with van der Waals surface area (Å²) in [6.45, 7) is 8.43. The van der Waals surface area contributed by atoms with Gasteiger partial charge in [0.05, 0.1) is 6.26 Å². The Bertz CT molecular complexity index is 324. The molecule has 0 N–H and O–H groups in total. The maximum Gasteiger partial charge on any atom is 0.116 e. The average molecular weight is 234 g/mol. The highest BCUT2D eigenvalue weighted by molar-refractivity contribution is 5.13. The summed E-state index contributed by atoms with van der Waals surface area (Å²) in [6, 6.07) is 0. The Morgan fingerprint density at radius 2 is 2.47 bits per heavy atom. The number of rotatable bonds is 6. The molecule has 0 amide bonds. The Morgan fingerprint density at radius 1 is 1.65 bits per heavy atom. The fourth-order valence-corrected chi connectivity index (χ4v) is 1.63. The highest BCUT2D eigenvalue weighted by atomic mass is 16.5. The second-order valence-corrected chi connectivity index (χ2v) is 4.03. The predicted octanol–water partition coefficient (Wildman–Crippen LogP) is 4.12. The topological polar surface area (TPSA) is 18.5 Å². The minimum atomic E-state index is 0.167. The zero-order chi connectivity index (χ0) is 12.5. The SMILES string of the molecule is C=CC1CCC(COC(C=CC)=CCC)=CO1. The number of ether oxygens (including phenoxy) is 2. The van der Waals surface area contributed by atoms with E-state index in [0.717, 1.165) is 25.0 Å². The van der Waals surface area contributed by atoms with E-state index in [-0.39, 0.29) is 6.10 Å². The molecule has 1 aliphatic heterocycles. The first kappa shape index (κ1) is 13.6. The molecule has 0 aromatic carbocycles. The van der Waals surface area contributed by atoms with Gasteiger partial charge in [-0.25, -0.2) is 0 Å². The minimum Gasteiger partial charge on any atom is -0.494 e. The van der Waals surface area contributed by atoms with Crippen LogP contribution >= 0.6 is 0 Å². The van der Waals surface area contributed by atoms with E-state index in [2.05, 4.69) is 19.6 Å². The molecule has 0 radical (unpaired) electrons. The van der Waals surface area contributed by atoms with Crippen LogP contribution in [0, 0.1) is 0 Å². The van der Waals surface area contributed by atoms with Gasteiger partial charge < -0.3 is 9.47 Å². The quantitative estimate of drug-likeness (QED) is 0.391. The van der Waals surface area contributed by atoms with Gasteiger partial charge in [0.1, 0.15) is 18.5 Å². The lowest BCUT2D eigenvalue weighted by molar-refractivity contribution is 0.148. The highest BCUT2D eigenvalue weighted by Crippen LogP contribution is 2.19. The van der Waals surface area contributed by atoms with Crippen molar-refractivity contribution in [2.45, 2.75) is 39.2 Å². The summed E-state index contributed by atoms with van der Waals surface area (Å²) >= 11 is 0. The van der Waals surface area contributed by atoms with Gasteiger partial charge in [-0.3, -0.25) is 0 Å². The molecule has 0 aromatic heterocycles. The lowest BCUT2D eigenvalue weighted by Gasteiger charge is -2.20. The van der Waals surface area contributed by atoms with Crippen LogP contribution in [0.15, 0.2) is 48.5 Å². The number of allylic oxidation sites excluding steroid dienone is 3. The van der Waals surface area contributed by atoms with Gasteiger partial charge in [-0.1, -0.05) is 25.7 Å². The maximum absolute atomic E-state index is 5.73. The number of hydrogen-bond acceptors (Lipinski definition) is 2. The van der Waals surface area contributed by atoms with Gasteiger partial charge in [0.25, 0.3) is 0 Å². The molecule has 1 unspecified atom stereocenters. The van der Waals surface area contributed by atoms with Crippen molar-refractivity contribution < 1.29 is 9.47 Å². The van der Waals surface area contributed by atoms with Crippen LogP contribution in [-0.2, 0) is 9.47 Å². The maximum atomic E-state index is 5.73. The zero-order valence-corrected chi connectivity index (χ0v) is 10.8. The Labute approximate surface area is 104 Å². The minimum absolute atomic E-state index is 0.167. The molecule has 0 saturated heterocycles.